The number of anilines is 2. The number of ether oxygens (including phenoxy) is 1. The second kappa shape index (κ2) is 8.85. The molecule has 1 aliphatic heterocycles. The van der Waals surface area contributed by atoms with Gasteiger partial charge in [-0.2, -0.15) is 0 Å². The molecule has 6 heteroatoms. The zero-order chi connectivity index (χ0) is 19.4. The van der Waals surface area contributed by atoms with Crippen molar-refractivity contribution in [3.8, 4) is 5.75 Å². The van der Waals surface area contributed by atoms with E-state index in [0.29, 0.717) is 21.8 Å². The number of halogens is 2. The Morgan fingerprint density at radius 3 is 2.59 bits per heavy atom. The Labute approximate surface area is 170 Å². The average molecular weight is 407 g/mol. The quantitative estimate of drug-likeness (QED) is 0.683. The molecule has 1 aliphatic rings. The summed E-state index contributed by atoms with van der Waals surface area (Å²) in [6.45, 7) is 5.03. The van der Waals surface area contributed by atoms with E-state index in [1.54, 1.807) is 25.1 Å². The highest BCUT2D eigenvalue weighted by molar-refractivity contribution is 6.35. The summed E-state index contributed by atoms with van der Waals surface area (Å²) in [6.07, 6.45) is 3.05. The Morgan fingerprint density at radius 1 is 1.19 bits per heavy atom. The minimum absolute atomic E-state index is 0.236. The number of rotatable bonds is 5. The smallest absolute Gasteiger partial charge is 0.265 e. The molecular weight excluding hydrogens is 383 g/mol. The maximum absolute atomic E-state index is 12.4. The van der Waals surface area contributed by atoms with Gasteiger partial charge in [-0.15, -0.1) is 0 Å². The van der Waals surface area contributed by atoms with E-state index in [1.807, 2.05) is 12.1 Å². The molecule has 0 bridgehead atoms. The third-order valence-corrected chi connectivity index (χ3v) is 5.37. The molecule has 0 aromatic heterocycles. The number of hydrogen-bond acceptors (Lipinski definition) is 3. The van der Waals surface area contributed by atoms with Crippen LogP contribution >= 0.6 is 23.2 Å². The van der Waals surface area contributed by atoms with E-state index in [1.165, 1.54) is 24.9 Å². The van der Waals surface area contributed by atoms with Crippen LogP contribution in [-0.4, -0.2) is 24.6 Å². The number of carbonyl (C=O) groups is 1. The molecule has 2 aromatic carbocycles. The molecule has 0 unspecified atom stereocenters. The van der Waals surface area contributed by atoms with Crippen LogP contribution in [0.4, 0.5) is 11.4 Å². The molecule has 144 valence electrons. The molecule has 2 aromatic rings. The summed E-state index contributed by atoms with van der Waals surface area (Å²) in [7, 11) is 0. The third-order valence-electron chi connectivity index (χ3n) is 4.84. The highest BCUT2D eigenvalue weighted by atomic mass is 35.5. The molecule has 0 saturated carbocycles. The lowest BCUT2D eigenvalue weighted by atomic mass is 10.0. The van der Waals surface area contributed by atoms with Gasteiger partial charge in [-0.1, -0.05) is 23.2 Å². The van der Waals surface area contributed by atoms with Crippen molar-refractivity contribution >= 4 is 40.5 Å². The first-order chi connectivity index (χ1) is 12.9. The number of piperidine rings is 1. The first-order valence-corrected chi connectivity index (χ1v) is 9.99. The minimum Gasteiger partial charge on any atom is -0.479 e. The normalized spacial score (nSPS) is 18.1. The molecule has 0 radical (unpaired) electrons. The Bertz CT molecular complexity index is 795. The second-order valence-electron chi connectivity index (χ2n) is 6.91. The summed E-state index contributed by atoms with van der Waals surface area (Å²) in [5.74, 6) is 0.193. The van der Waals surface area contributed by atoms with Crippen LogP contribution in [0.5, 0.6) is 5.75 Å². The Morgan fingerprint density at radius 2 is 1.93 bits per heavy atom. The van der Waals surface area contributed by atoms with Crippen LogP contribution in [0.1, 0.15) is 33.1 Å². The molecule has 0 spiro atoms. The summed E-state index contributed by atoms with van der Waals surface area (Å²) >= 11 is 12.0. The van der Waals surface area contributed by atoms with Crippen LogP contribution in [0, 0.1) is 0 Å². The first kappa shape index (κ1) is 19.8. The summed E-state index contributed by atoms with van der Waals surface area (Å²) in [5, 5.41) is 3.78. The monoisotopic (exact) mass is 406 g/mol. The molecule has 1 heterocycles. The fourth-order valence-electron chi connectivity index (χ4n) is 3.28. The maximum atomic E-state index is 12.4. The molecule has 1 amide bonds. The van der Waals surface area contributed by atoms with Crippen molar-refractivity contribution in [1.29, 1.82) is 0 Å². The fourth-order valence-corrected chi connectivity index (χ4v) is 3.73. The number of carbonyl (C=O) groups excluding carboxylic acids is 1. The van der Waals surface area contributed by atoms with Crippen molar-refractivity contribution in [2.75, 3.05) is 16.8 Å². The van der Waals surface area contributed by atoms with Crippen molar-refractivity contribution in [2.24, 2.45) is 0 Å². The Balaban J connectivity index is 1.60. The predicted octanol–water partition coefficient (Wildman–Crippen LogP) is 5.78. The number of benzene rings is 2. The number of hydrogen-bond donors (Lipinski definition) is 1. The lowest BCUT2D eigenvalue weighted by molar-refractivity contribution is -0.122. The van der Waals surface area contributed by atoms with Gasteiger partial charge in [-0.25, -0.2) is 0 Å². The number of amides is 1. The summed E-state index contributed by atoms with van der Waals surface area (Å²) in [6, 6.07) is 13.4. The molecule has 2 atom stereocenters. The molecule has 1 N–H and O–H groups in total. The van der Waals surface area contributed by atoms with Crippen LogP contribution < -0.4 is 15.0 Å². The van der Waals surface area contributed by atoms with Crippen LogP contribution in [0.3, 0.4) is 0 Å². The fraction of sp³-hybridized carbons (Fsp3) is 0.381. The van der Waals surface area contributed by atoms with Crippen molar-refractivity contribution < 1.29 is 9.53 Å². The van der Waals surface area contributed by atoms with Crippen molar-refractivity contribution in [1.82, 2.24) is 0 Å². The summed E-state index contributed by atoms with van der Waals surface area (Å²) < 4.78 is 5.66. The predicted molar refractivity (Wildman–Crippen MR) is 112 cm³/mol. The van der Waals surface area contributed by atoms with Crippen LogP contribution in [0.15, 0.2) is 42.5 Å². The Kier molecular flexibility index (Phi) is 6.51. The minimum atomic E-state index is -0.689. The summed E-state index contributed by atoms with van der Waals surface area (Å²) in [5.41, 5.74) is 1.93. The zero-order valence-electron chi connectivity index (χ0n) is 15.5. The highest BCUT2D eigenvalue weighted by Crippen LogP contribution is 2.29. The second-order valence-corrected chi connectivity index (χ2v) is 7.75. The van der Waals surface area contributed by atoms with Gasteiger partial charge in [0.15, 0.2) is 6.10 Å². The van der Waals surface area contributed by atoms with Gasteiger partial charge in [0.2, 0.25) is 0 Å². The molecule has 0 aliphatic carbocycles. The van der Waals surface area contributed by atoms with Gasteiger partial charge in [-0.05, 0) is 75.6 Å². The number of nitrogens with one attached hydrogen (secondary N) is 1. The van der Waals surface area contributed by atoms with E-state index >= 15 is 0 Å². The lowest BCUT2D eigenvalue weighted by Gasteiger charge is -2.35. The van der Waals surface area contributed by atoms with Gasteiger partial charge in [0, 0.05) is 29.0 Å². The molecule has 3 rings (SSSR count). The first-order valence-electron chi connectivity index (χ1n) is 9.23. The average Bonchev–Trinajstić information content (AvgIpc) is 2.65. The van der Waals surface area contributed by atoms with Gasteiger partial charge < -0.3 is 15.0 Å². The van der Waals surface area contributed by atoms with E-state index in [4.69, 9.17) is 27.9 Å². The van der Waals surface area contributed by atoms with Gasteiger partial charge in [0.1, 0.15) is 5.75 Å². The van der Waals surface area contributed by atoms with Crippen LogP contribution in [0.25, 0.3) is 0 Å². The zero-order valence-corrected chi connectivity index (χ0v) is 17.1. The van der Waals surface area contributed by atoms with Gasteiger partial charge in [0.25, 0.3) is 5.91 Å². The van der Waals surface area contributed by atoms with Gasteiger partial charge in [-0.3, -0.25) is 4.79 Å². The molecule has 1 fully saturated rings. The van der Waals surface area contributed by atoms with Crippen molar-refractivity contribution in [3.63, 3.8) is 0 Å². The third kappa shape index (κ3) is 5.08. The van der Waals surface area contributed by atoms with E-state index < -0.39 is 6.10 Å². The molecule has 1 saturated heterocycles. The lowest BCUT2D eigenvalue weighted by Crippen LogP contribution is -2.37. The van der Waals surface area contributed by atoms with E-state index in [9.17, 15) is 4.79 Å². The van der Waals surface area contributed by atoms with E-state index in [2.05, 4.69) is 29.3 Å². The molecule has 27 heavy (non-hydrogen) atoms. The topological polar surface area (TPSA) is 41.6 Å². The molecular formula is C21H24Cl2N2O2. The van der Waals surface area contributed by atoms with Crippen molar-refractivity contribution in [3.05, 3.63) is 52.5 Å². The van der Waals surface area contributed by atoms with Crippen LogP contribution in [0.2, 0.25) is 10.0 Å². The van der Waals surface area contributed by atoms with E-state index in [0.717, 1.165) is 12.2 Å². The van der Waals surface area contributed by atoms with Crippen molar-refractivity contribution in [2.45, 2.75) is 45.3 Å². The van der Waals surface area contributed by atoms with Gasteiger partial charge >= 0.3 is 0 Å². The maximum Gasteiger partial charge on any atom is 0.265 e. The number of nitrogens with zero attached hydrogens (tertiary/aromatic N) is 1. The van der Waals surface area contributed by atoms with Gasteiger partial charge in [0.05, 0.1) is 5.02 Å². The standard InChI is InChI=1S/C21H24Cl2N2O2/c1-14-5-3-4-12-25(14)18-9-7-17(8-10-18)24-21(26)15(2)27-20-11-6-16(22)13-19(20)23/h6-11,13-15H,3-5,12H2,1-2H3,(H,24,26)/t14-,15+/m1/s1. The largest absolute Gasteiger partial charge is 0.479 e. The van der Waals surface area contributed by atoms with E-state index in [-0.39, 0.29) is 5.91 Å². The summed E-state index contributed by atoms with van der Waals surface area (Å²) in [4.78, 5) is 14.8. The van der Waals surface area contributed by atoms with Crippen LogP contribution in [-0.2, 0) is 4.79 Å². The highest BCUT2D eigenvalue weighted by Gasteiger charge is 2.19. The Hall–Kier alpha value is -1.91. The SMILES string of the molecule is C[C@H](Oc1ccc(Cl)cc1Cl)C(=O)Nc1ccc(N2CCCC[C@H]2C)cc1. The molecule has 4 nitrogen and oxygen atoms in total.